The Hall–Kier alpha value is -3.13. The fraction of sp³-hybridized carbons (Fsp3) is 0.227. The van der Waals surface area contributed by atoms with Crippen molar-refractivity contribution in [2.75, 3.05) is 42.0 Å². The first-order valence-corrected chi connectivity index (χ1v) is 14.1. The Morgan fingerprint density at radius 1 is 1.09 bits per heavy atom. The van der Waals surface area contributed by atoms with Gasteiger partial charge in [0.25, 0.3) is 20.0 Å². The van der Waals surface area contributed by atoms with Gasteiger partial charge in [-0.15, -0.1) is 11.3 Å². The Bertz CT molecular complexity index is 1530. The number of sulfonamides is 2. The third-order valence-corrected chi connectivity index (χ3v) is 9.71. The molecule has 0 aliphatic carbocycles. The van der Waals surface area contributed by atoms with E-state index in [2.05, 4.69) is 13.2 Å². The highest BCUT2D eigenvalue weighted by Gasteiger charge is 2.33. The number of ether oxygens (including phenoxy) is 2. The summed E-state index contributed by atoms with van der Waals surface area (Å²) in [6, 6.07) is 5.82. The maximum absolute atomic E-state index is 12.8. The van der Waals surface area contributed by atoms with Crippen molar-refractivity contribution in [3.8, 4) is 16.9 Å². The van der Waals surface area contributed by atoms with Gasteiger partial charge in [0, 0.05) is 40.9 Å². The Kier molecular flexibility index (Phi) is 6.77. The second-order valence-electron chi connectivity index (χ2n) is 7.36. The summed E-state index contributed by atoms with van der Waals surface area (Å²) in [6.07, 6.45) is 0. The molecular formula is C22H22N2O8S3. The van der Waals surface area contributed by atoms with Gasteiger partial charge in [0.15, 0.2) is 11.5 Å². The highest BCUT2D eigenvalue weighted by molar-refractivity contribution is 8.12. The van der Waals surface area contributed by atoms with Crippen molar-refractivity contribution >= 4 is 53.2 Å². The van der Waals surface area contributed by atoms with Crippen molar-refractivity contribution < 1.29 is 30.7 Å². The summed E-state index contributed by atoms with van der Waals surface area (Å²) >= 11 is 1.17. The minimum Gasteiger partial charge on any atom is -0.495 e. The molecule has 0 bridgehead atoms. The van der Waals surface area contributed by atoms with Crippen LogP contribution in [0.2, 0.25) is 0 Å². The summed E-state index contributed by atoms with van der Waals surface area (Å²) in [5.74, 6) is 0.379. The van der Waals surface area contributed by atoms with Crippen LogP contribution in [0.1, 0.15) is 0 Å². The zero-order chi connectivity index (χ0) is 25.4. The number of hydrogen-bond acceptors (Lipinski definition) is 10. The second kappa shape index (κ2) is 9.49. The second-order valence-corrected chi connectivity index (χ2v) is 11.9. The fourth-order valence-electron chi connectivity index (χ4n) is 3.62. The van der Waals surface area contributed by atoms with Gasteiger partial charge < -0.3 is 18.8 Å². The maximum atomic E-state index is 12.8. The average Bonchev–Trinajstić information content (AvgIpc) is 3.29. The van der Waals surface area contributed by atoms with Crippen LogP contribution in [0.4, 0.5) is 11.6 Å². The molecule has 35 heavy (non-hydrogen) atoms. The molecule has 4 rings (SSSR count). The minimum absolute atomic E-state index is 0.0143. The molecule has 1 aliphatic heterocycles. The lowest BCUT2D eigenvalue weighted by molar-refractivity contribution is 0.121. The molecule has 0 spiro atoms. The molecule has 0 amide bonds. The molecule has 1 aliphatic rings. The molecule has 10 nitrogen and oxygen atoms in total. The molecule has 0 N–H and O–H groups in total. The number of benzene rings is 1. The molecule has 1 saturated heterocycles. The first kappa shape index (κ1) is 25.0. The zero-order valence-electron chi connectivity index (χ0n) is 18.7. The van der Waals surface area contributed by atoms with Crippen LogP contribution >= 0.6 is 11.3 Å². The van der Waals surface area contributed by atoms with Crippen molar-refractivity contribution in [3.05, 3.63) is 63.8 Å². The topological polar surface area (TPSA) is 123 Å². The third kappa shape index (κ3) is 4.59. The first-order chi connectivity index (χ1) is 16.6. The maximum Gasteiger partial charge on any atom is 0.270 e. The van der Waals surface area contributed by atoms with Crippen molar-refractivity contribution in [3.63, 3.8) is 0 Å². The van der Waals surface area contributed by atoms with E-state index in [1.165, 1.54) is 36.6 Å². The molecule has 0 unspecified atom stereocenters. The highest BCUT2D eigenvalue weighted by atomic mass is 32.3. The van der Waals surface area contributed by atoms with E-state index in [0.29, 0.717) is 64.4 Å². The van der Waals surface area contributed by atoms with Gasteiger partial charge in [-0.25, -0.2) is 16.8 Å². The number of morpholine rings is 1. The van der Waals surface area contributed by atoms with Crippen LogP contribution in [0.5, 0.6) is 5.75 Å². The van der Waals surface area contributed by atoms with Gasteiger partial charge in [0.2, 0.25) is 5.43 Å². The number of anilines is 2. The molecular weight excluding hydrogens is 516 g/mol. The van der Waals surface area contributed by atoms with Gasteiger partial charge in [0.1, 0.15) is 16.1 Å². The quantitative estimate of drug-likeness (QED) is 0.425. The summed E-state index contributed by atoms with van der Waals surface area (Å²) in [5, 5.41) is 2.74. The van der Waals surface area contributed by atoms with Crippen LogP contribution in [-0.2, 0) is 24.8 Å². The van der Waals surface area contributed by atoms with Gasteiger partial charge in [-0.1, -0.05) is 19.2 Å². The molecule has 0 atom stereocenters. The summed E-state index contributed by atoms with van der Waals surface area (Å²) < 4.78 is 68.1. The molecule has 3 aromatic rings. The Morgan fingerprint density at radius 2 is 1.74 bits per heavy atom. The SMILES string of the molecule is C=CS(=O)(=O)N(c1cc(-c2csc3c(=O)cc(N4CCOCC4)oc23)ccc1OC)S(=O)(=O)C=C. The van der Waals surface area contributed by atoms with E-state index in [-0.39, 0.29) is 20.6 Å². The molecule has 3 heterocycles. The summed E-state index contributed by atoms with van der Waals surface area (Å²) in [7, 11) is -7.72. The van der Waals surface area contributed by atoms with E-state index in [0.717, 1.165) is 0 Å². The van der Waals surface area contributed by atoms with E-state index in [1.807, 2.05) is 4.90 Å². The Morgan fingerprint density at radius 3 is 2.34 bits per heavy atom. The summed E-state index contributed by atoms with van der Waals surface area (Å²) in [4.78, 5) is 14.7. The van der Waals surface area contributed by atoms with Crippen LogP contribution in [0.15, 0.2) is 62.8 Å². The van der Waals surface area contributed by atoms with E-state index in [4.69, 9.17) is 13.9 Å². The minimum atomic E-state index is -4.50. The molecule has 1 fully saturated rings. The van der Waals surface area contributed by atoms with Gasteiger partial charge in [-0.05, 0) is 17.7 Å². The van der Waals surface area contributed by atoms with Crippen LogP contribution in [-0.4, -0.2) is 50.2 Å². The average molecular weight is 539 g/mol. The van der Waals surface area contributed by atoms with E-state index in [9.17, 15) is 21.6 Å². The number of nitrogens with zero attached hydrogens (tertiary/aromatic N) is 2. The van der Waals surface area contributed by atoms with Crippen LogP contribution < -0.4 is 18.8 Å². The molecule has 13 heteroatoms. The largest absolute Gasteiger partial charge is 0.495 e. The number of fused-ring (bicyclic) bond motifs is 1. The van der Waals surface area contributed by atoms with Crippen LogP contribution in [0.3, 0.4) is 0 Å². The van der Waals surface area contributed by atoms with Gasteiger partial charge in [-0.2, -0.15) is 3.71 Å². The van der Waals surface area contributed by atoms with E-state index < -0.39 is 20.0 Å². The van der Waals surface area contributed by atoms with Crippen LogP contribution in [0.25, 0.3) is 21.4 Å². The van der Waals surface area contributed by atoms with E-state index >= 15 is 0 Å². The Balaban J connectivity index is 1.93. The molecule has 0 saturated carbocycles. The van der Waals surface area contributed by atoms with Crippen molar-refractivity contribution in [1.82, 2.24) is 0 Å². The van der Waals surface area contributed by atoms with Crippen LogP contribution in [0, 0.1) is 0 Å². The zero-order valence-corrected chi connectivity index (χ0v) is 21.1. The monoisotopic (exact) mass is 538 g/mol. The lowest BCUT2D eigenvalue weighted by Gasteiger charge is -2.27. The van der Waals surface area contributed by atoms with E-state index in [1.54, 1.807) is 11.4 Å². The van der Waals surface area contributed by atoms with Gasteiger partial charge >= 0.3 is 0 Å². The molecule has 1 aromatic carbocycles. The number of hydrogen-bond donors (Lipinski definition) is 0. The Labute approximate surface area is 206 Å². The highest BCUT2D eigenvalue weighted by Crippen LogP contribution is 2.40. The number of methoxy groups -OCH3 is 1. The fourth-order valence-corrected chi connectivity index (χ4v) is 7.16. The normalized spacial score (nSPS) is 14.6. The predicted octanol–water partition coefficient (Wildman–Crippen LogP) is 3.12. The van der Waals surface area contributed by atoms with Crippen molar-refractivity contribution in [2.45, 2.75) is 0 Å². The lowest BCUT2D eigenvalue weighted by atomic mass is 10.1. The summed E-state index contributed by atoms with van der Waals surface area (Å²) in [5.41, 5.74) is 0.731. The smallest absolute Gasteiger partial charge is 0.270 e. The molecule has 186 valence electrons. The number of rotatable bonds is 8. The molecule has 2 aromatic heterocycles. The first-order valence-electron chi connectivity index (χ1n) is 10.2. The van der Waals surface area contributed by atoms with Crippen molar-refractivity contribution in [1.29, 1.82) is 0 Å². The standard InChI is InChI=1S/C22H22N2O8S3/c1-4-34(26,27)24(35(28,29)5-2)17-12-15(6-7-19(17)30-3)16-14-33-22-18(25)13-20(32-21(16)22)23-8-10-31-11-9-23/h4-7,12-14H,1-2,8-11H2,3H3. The predicted molar refractivity (Wildman–Crippen MR) is 136 cm³/mol. The number of thiophene rings is 1. The summed E-state index contributed by atoms with van der Waals surface area (Å²) in [6.45, 7) is 8.60. The van der Waals surface area contributed by atoms with Gasteiger partial charge in [-0.3, -0.25) is 4.79 Å². The molecule has 0 radical (unpaired) electrons. The lowest BCUT2D eigenvalue weighted by Crippen LogP contribution is -2.36. The van der Waals surface area contributed by atoms with Crippen molar-refractivity contribution in [2.24, 2.45) is 0 Å². The van der Waals surface area contributed by atoms with Gasteiger partial charge in [0.05, 0.1) is 20.3 Å². The third-order valence-electron chi connectivity index (χ3n) is 5.32.